The van der Waals surface area contributed by atoms with E-state index in [4.69, 9.17) is 0 Å². The smallest absolute Gasteiger partial charge is 0.264 e. The lowest BCUT2D eigenvalue weighted by Crippen LogP contribution is -2.29. The van der Waals surface area contributed by atoms with E-state index in [0.717, 1.165) is 33.2 Å². The van der Waals surface area contributed by atoms with Crippen molar-refractivity contribution in [3.8, 4) is 0 Å². The van der Waals surface area contributed by atoms with Crippen molar-refractivity contribution in [1.82, 2.24) is 4.90 Å². The van der Waals surface area contributed by atoms with Gasteiger partial charge >= 0.3 is 0 Å². The topological polar surface area (TPSA) is 49.4 Å². The van der Waals surface area contributed by atoms with E-state index in [1.807, 2.05) is 40.8 Å². The molecule has 1 aliphatic carbocycles. The zero-order valence-electron chi connectivity index (χ0n) is 14.9. The Kier molecular flexibility index (Phi) is 5.43. The SMILES string of the molecule is Cc1cc(NC(=O)C2CC2)sc1C(=O)N(Cc1cccs1)Cc1cccs1. The van der Waals surface area contributed by atoms with Gasteiger partial charge in [-0.1, -0.05) is 12.1 Å². The second-order valence-electron chi connectivity index (χ2n) is 6.71. The average molecular weight is 417 g/mol. The lowest BCUT2D eigenvalue weighted by atomic mass is 10.2. The molecule has 0 bridgehead atoms. The number of rotatable bonds is 7. The van der Waals surface area contributed by atoms with Crippen LogP contribution in [0.2, 0.25) is 0 Å². The zero-order chi connectivity index (χ0) is 18.8. The van der Waals surface area contributed by atoms with Gasteiger partial charge in [-0.3, -0.25) is 9.59 Å². The Morgan fingerprint density at radius 1 is 1.11 bits per heavy atom. The van der Waals surface area contributed by atoms with Crippen LogP contribution in [-0.4, -0.2) is 16.7 Å². The van der Waals surface area contributed by atoms with Gasteiger partial charge in [0.2, 0.25) is 5.91 Å². The number of aryl methyl sites for hydroxylation is 1. The minimum absolute atomic E-state index is 0.0196. The molecule has 140 valence electrons. The maximum atomic E-state index is 13.3. The lowest BCUT2D eigenvalue weighted by molar-refractivity contribution is -0.117. The standard InChI is InChI=1S/C20H20N2O2S3/c1-13-10-17(21-19(23)14-6-7-14)27-18(13)20(24)22(11-15-4-2-8-25-15)12-16-5-3-9-26-16/h2-5,8-10,14H,6-7,11-12H2,1H3,(H,21,23). The highest BCUT2D eigenvalue weighted by Gasteiger charge is 2.30. The van der Waals surface area contributed by atoms with Crippen LogP contribution in [0.1, 0.15) is 37.8 Å². The third kappa shape index (κ3) is 4.48. The van der Waals surface area contributed by atoms with E-state index < -0.39 is 0 Å². The molecule has 0 spiro atoms. The number of amides is 2. The predicted molar refractivity (Wildman–Crippen MR) is 113 cm³/mol. The summed E-state index contributed by atoms with van der Waals surface area (Å²) >= 11 is 4.70. The van der Waals surface area contributed by atoms with Crippen LogP contribution in [0.5, 0.6) is 0 Å². The Labute approximate surface area is 170 Å². The highest BCUT2D eigenvalue weighted by Crippen LogP contribution is 2.33. The molecule has 0 aromatic carbocycles. The third-order valence-corrected chi connectivity index (χ3v) is 7.31. The monoisotopic (exact) mass is 416 g/mol. The summed E-state index contributed by atoms with van der Waals surface area (Å²) in [5.74, 6) is 0.246. The molecule has 7 heteroatoms. The van der Waals surface area contributed by atoms with Crippen molar-refractivity contribution >= 4 is 50.8 Å². The van der Waals surface area contributed by atoms with E-state index in [-0.39, 0.29) is 17.7 Å². The molecular formula is C20H20N2O2S3. The maximum absolute atomic E-state index is 13.3. The van der Waals surface area contributed by atoms with Gasteiger partial charge in [0.25, 0.3) is 5.91 Å². The first-order valence-electron chi connectivity index (χ1n) is 8.85. The first-order chi connectivity index (χ1) is 13.1. The van der Waals surface area contributed by atoms with Crippen LogP contribution in [0.15, 0.2) is 41.1 Å². The summed E-state index contributed by atoms with van der Waals surface area (Å²) in [4.78, 5) is 30.2. The Morgan fingerprint density at radius 3 is 2.26 bits per heavy atom. The van der Waals surface area contributed by atoms with E-state index in [9.17, 15) is 9.59 Å². The second-order valence-corrected chi connectivity index (χ2v) is 9.82. The quantitative estimate of drug-likeness (QED) is 0.563. The molecule has 4 rings (SSSR count). The Hall–Kier alpha value is -1.96. The molecule has 3 aromatic rings. The van der Waals surface area contributed by atoms with Crippen molar-refractivity contribution in [3.05, 3.63) is 61.3 Å². The van der Waals surface area contributed by atoms with Crippen LogP contribution in [0.25, 0.3) is 0 Å². The molecule has 0 aliphatic heterocycles. The van der Waals surface area contributed by atoms with E-state index >= 15 is 0 Å². The molecule has 27 heavy (non-hydrogen) atoms. The number of thiophene rings is 3. The van der Waals surface area contributed by atoms with Gasteiger partial charge in [0.15, 0.2) is 0 Å². The van der Waals surface area contributed by atoms with E-state index in [1.54, 1.807) is 22.7 Å². The minimum atomic E-state index is 0.0196. The molecule has 0 unspecified atom stereocenters. The summed E-state index contributed by atoms with van der Waals surface area (Å²) in [5.41, 5.74) is 0.915. The number of nitrogens with one attached hydrogen (secondary N) is 1. The summed E-state index contributed by atoms with van der Waals surface area (Å²) in [6.45, 7) is 3.12. The second kappa shape index (κ2) is 7.96. The number of anilines is 1. The summed E-state index contributed by atoms with van der Waals surface area (Å²) in [6.07, 6.45) is 1.94. The van der Waals surface area contributed by atoms with Crippen LogP contribution in [-0.2, 0) is 17.9 Å². The van der Waals surface area contributed by atoms with Crippen molar-refractivity contribution in [2.24, 2.45) is 5.92 Å². The van der Waals surface area contributed by atoms with Crippen LogP contribution in [0.3, 0.4) is 0 Å². The fraction of sp³-hybridized carbons (Fsp3) is 0.300. The van der Waals surface area contributed by atoms with Crippen LogP contribution in [0.4, 0.5) is 5.00 Å². The van der Waals surface area contributed by atoms with Gasteiger partial charge in [-0.25, -0.2) is 0 Å². The number of carbonyl (C=O) groups is 2. The normalized spacial score (nSPS) is 13.5. The highest BCUT2D eigenvalue weighted by atomic mass is 32.1. The molecule has 1 N–H and O–H groups in total. The third-order valence-electron chi connectivity index (χ3n) is 4.45. The zero-order valence-corrected chi connectivity index (χ0v) is 17.4. The van der Waals surface area contributed by atoms with Crippen molar-refractivity contribution in [3.63, 3.8) is 0 Å². The summed E-state index contributed by atoms with van der Waals surface area (Å²) in [5, 5.41) is 7.79. The highest BCUT2D eigenvalue weighted by molar-refractivity contribution is 7.18. The molecule has 4 nitrogen and oxygen atoms in total. The fourth-order valence-corrected chi connectivity index (χ4v) is 5.33. The van der Waals surface area contributed by atoms with Crippen molar-refractivity contribution in [2.75, 3.05) is 5.32 Å². The van der Waals surface area contributed by atoms with Crippen LogP contribution < -0.4 is 5.32 Å². The molecule has 2 amide bonds. The molecule has 3 heterocycles. The number of hydrogen-bond donors (Lipinski definition) is 1. The van der Waals surface area contributed by atoms with Gasteiger partial charge < -0.3 is 10.2 Å². The average Bonchev–Trinajstić information content (AvgIpc) is 3.01. The predicted octanol–water partition coefficient (Wildman–Crippen LogP) is 5.37. The maximum Gasteiger partial charge on any atom is 0.264 e. The molecule has 1 saturated carbocycles. The van der Waals surface area contributed by atoms with Crippen molar-refractivity contribution < 1.29 is 9.59 Å². The first kappa shape index (κ1) is 18.4. The van der Waals surface area contributed by atoms with E-state index in [1.165, 1.54) is 11.3 Å². The minimum Gasteiger partial charge on any atom is -0.328 e. The van der Waals surface area contributed by atoms with E-state index in [2.05, 4.69) is 17.4 Å². The van der Waals surface area contributed by atoms with Gasteiger partial charge in [0.1, 0.15) is 0 Å². The molecule has 0 radical (unpaired) electrons. The Bertz CT molecular complexity index is 889. The van der Waals surface area contributed by atoms with Crippen LogP contribution in [0, 0.1) is 12.8 Å². The van der Waals surface area contributed by atoms with Crippen molar-refractivity contribution in [2.45, 2.75) is 32.9 Å². The molecular weight excluding hydrogens is 396 g/mol. The number of nitrogens with zero attached hydrogens (tertiary/aromatic N) is 1. The largest absolute Gasteiger partial charge is 0.328 e. The first-order valence-corrected chi connectivity index (χ1v) is 11.4. The molecule has 1 aliphatic rings. The van der Waals surface area contributed by atoms with Gasteiger partial charge in [0, 0.05) is 15.7 Å². The Morgan fingerprint density at radius 2 is 1.74 bits per heavy atom. The number of hydrogen-bond acceptors (Lipinski definition) is 5. The van der Waals surface area contributed by atoms with Gasteiger partial charge in [-0.2, -0.15) is 0 Å². The van der Waals surface area contributed by atoms with Gasteiger partial charge in [-0.15, -0.1) is 34.0 Å². The molecule has 3 aromatic heterocycles. The van der Waals surface area contributed by atoms with E-state index in [0.29, 0.717) is 18.0 Å². The molecule has 1 fully saturated rings. The van der Waals surface area contributed by atoms with Gasteiger partial charge in [0.05, 0.1) is 23.0 Å². The van der Waals surface area contributed by atoms with Crippen molar-refractivity contribution in [1.29, 1.82) is 0 Å². The van der Waals surface area contributed by atoms with Gasteiger partial charge in [-0.05, 0) is 54.3 Å². The Balaban J connectivity index is 1.54. The van der Waals surface area contributed by atoms with Crippen LogP contribution >= 0.6 is 34.0 Å². The fourth-order valence-electron chi connectivity index (χ4n) is 2.85. The molecule has 0 saturated heterocycles. The molecule has 0 atom stereocenters. The summed E-state index contributed by atoms with van der Waals surface area (Å²) < 4.78 is 0. The summed E-state index contributed by atoms with van der Waals surface area (Å²) in [6, 6.07) is 10.0. The lowest BCUT2D eigenvalue weighted by Gasteiger charge is -2.21. The number of carbonyl (C=O) groups excluding carboxylic acids is 2. The summed E-state index contributed by atoms with van der Waals surface area (Å²) in [7, 11) is 0.